The van der Waals surface area contributed by atoms with Gasteiger partial charge in [0.15, 0.2) is 5.79 Å². The van der Waals surface area contributed by atoms with Gasteiger partial charge < -0.3 is 9.47 Å². The fraction of sp³-hybridized carbons (Fsp3) is 0.643. The Labute approximate surface area is 108 Å². The van der Waals surface area contributed by atoms with Crippen LogP contribution >= 0.6 is 0 Å². The van der Waals surface area contributed by atoms with Gasteiger partial charge in [0, 0.05) is 38.7 Å². The summed E-state index contributed by atoms with van der Waals surface area (Å²) in [5.74, 6) is -0.268. The van der Waals surface area contributed by atoms with Crippen LogP contribution in [-0.2, 0) is 16.0 Å². The topological polar surface area (TPSA) is 34.6 Å². The Morgan fingerprint density at radius 2 is 2.00 bits per heavy atom. The van der Waals surface area contributed by atoms with Crippen LogP contribution in [0.25, 0.3) is 0 Å². The molecule has 1 aromatic rings. The Morgan fingerprint density at radius 1 is 1.28 bits per heavy atom. The van der Waals surface area contributed by atoms with Crippen molar-refractivity contribution >= 4 is 0 Å². The Morgan fingerprint density at radius 3 is 2.67 bits per heavy atom. The summed E-state index contributed by atoms with van der Waals surface area (Å²) in [7, 11) is 0. The summed E-state index contributed by atoms with van der Waals surface area (Å²) in [4.78, 5) is 6.89. The molecule has 0 N–H and O–H groups in total. The average Bonchev–Trinajstić information content (AvgIpc) is 2.84. The fourth-order valence-electron chi connectivity index (χ4n) is 2.73. The molecule has 2 aliphatic heterocycles. The van der Waals surface area contributed by atoms with Crippen LogP contribution in [0.4, 0.5) is 0 Å². The van der Waals surface area contributed by atoms with E-state index in [9.17, 15) is 0 Å². The number of piperidine rings is 1. The van der Waals surface area contributed by atoms with Gasteiger partial charge in [0.2, 0.25) is 0 Å². The van der Waals surface area contributed by atoms with Gasteiger partial charge in [-0.05, 0) is 18.6 Å². The number of hydrogen-bond acceptors (Lipinski definition) is 4. The van der Waals surface area contributed by atoms with Gasteiger partial charge in [-0.25, -0.2) is 0 Å². The van der Waals surface area contributed by atoms with Crippen molar-refractivity contribution in [2.24, 2.45) is 0 Å². The van der Waals surface area contributed by atoms with Crippen molar-refractivity contribution in [3.63, 3.8) is 0 Å². The van der Waals surface area contributed by atoms with Crippen LogP contribution in [0.2, 0.25) is 0 Å². The minimum atomic E-state index is -0.268. The highest BCUT2D eigenvalue weighted by molar-refractivity contribution is 5.17. The summed E-state index contributed by atoms with van der Waals surface area (Å²) in [5.41, 5.74) is 2.45. The molecule has 0 bridgehead atoms. The van der Waals surface area contributed by atoms with E-state index in [2.05, 4.69) is 22.9 Å². The molecule has 2 fully saturated rings. The van der Waals surface area contributed by atoms with E-state index in [1.54, 1.807) is 0 Å². The summed E-state index contributed by atoms with van der Waals surface area (Å²) in [5, 5.41) is 0. The third-order valence-electron chi connectivity index (χ3n) is 3.92. The number of aromatic nitrogens is 1. The van der Waals surface area contributed by atoms with E-state index in [0.717, 1.165) is 45.7 Å². The SMILES string of the molecule is Cc1cccnc1CN1CCC2(CC1)OCCO2. The molecule has 0 aromatic carbocycles. The highest BCUT2D eigenvalue weighted by Crippen LogP contribution is 2.31. The largest absolute Gasteiger partial charge is 0.347 e. The van der Waals surface area contributed by atoms with Crippen molar-refractivity contribution in [2.75, 3.05) is 26.3 Å². The lowest BCUT2D eigenvalue weighted by Crippen LogP contribution is -2.44. The lowest BCUT2D eigenvalue weighted by atomic mass is 10.0. The van der Waals surface area contributed by atoms with E-state index in [1.165, 1.54) is 11.3 Å². The predicted molar refractivity (Wildman–Crippen MR) is 68.1 cm³/mol. The summed E-state index contributed by atoms with van der Waals surface area (Å²) in [6, 6.07) is 4.11. The molecule has 2 aliphatic rings. The molecule has 4 heteroatoms. The van der Waals surface area contributed by atoms with E-state index < -0.39 is 0 Å². The van der Waals surface area contributed by atoms with Gasteiger partial charge in [0.1, 0.15) is 0 Å². The van der Waals surface area contributed by atoms with Crippen molar-refractivity contribution in [2.45, 2.75) is 32.1 Å². The second-order valence-electron chi connectivity index (χ2n) is 5.15. The summed E-state index contributed by atoms with van der Waals surface area (Å²) < 4.78 is 11.5. The van der Waals surface area contributed by atoms with Crippen LogP contribution in [-0.4, -0.2) is 42.0 Å². The maximum Gasteiger partial charge on any atom is 0.170 e. The standard InChI is InChI=1S/C14H20N2O2/c1-12-3-2-6-15-13(12)11-16-7-4-14(5-8-16)17-9-10-18-14/h2-3,6H,4-5,7-11H2,1H3. The minimum absolute atomic E-state index is 0.268. The normalized spacial score (nSPS) is 23.6. The first kappa shape index (κ1) is 12.1. The van der Waals surface area contributed by atoms with Crippen molar-refractivity contribution in [3.05, 3.63) is 29.6 Å². The van der Waals surface area contributed by atoms with Crippen molar-refractivity contribution in [1.82, 2.24) is 9.88 Å². The quantitative estimate of drug-likeness (QED) is 0.798. The molecule has 2 saturated heterocycles. The van der Waals surface area contributed by atoms with Gasteiger partial charge in [0.25, 0.3) is 0 Å². The van der Waals surface area contributed by atoms with Gasteiger partial charge in [-0.2, -0.15) is 0 Å². The number of pyridine rings is 1. The number of ether oxygens (including phenoxy) is 2. The molecule has 18 heavy (non-hydrogen) atoms. The first-order valence-electron chi connectivity index (χ1n) is 6.68. The van der Waals surface area contributed by atoms with Crippen LogP contribution in [0.5, 0.6) is 0 Å². The lowest BCUT2D eigenvalue weighted by Gasteiger charge is -2.37. The second-order valence-corrected chi connectivity index (χ2v) is 5.15. The average molecular weight is 248 g/mol. The molecule has 0 radical (unpaired) electrons. The highest BCUT2D eigenvalue weighted by Gasteiger charge is 2.39. The predicted octanol–water partition coefficient (Wildman–Crippen LogP) is 1.73. The number of aryl methyl sites for hydroxylation is 1. The zero-order chi connectivity index (χ0) is 12.4. The smallest absolute Gasteiger partial charge is 0.170 e. The van der Waals surface area contributed by atoms with Gasteiger partial charge in [-0.15, -0.1) is 0 Å². The monoisotopic (exact) mass is 248 g/mol. The molecule has 0 atom stereocenters. The first-order chi connectivity index (χ1) is 8.77. The third-order valence-corrected chi connectivity index (χ3v) is 3.92. The molecular weight excluding hydrogens is 228 g/mol. The molecule has 0 unspecified atom stereocenters. The van der Waals surface area contributed by atoms with Crippen LogP contribution in [0, 0.1) is 6.92 Å². The van der Waals surface area contributed by atoms with Crippen molar-refractivity contribution < 1.29 is 9.47 Å². The Kier molecular flexibility index (Phi) is 3.33. The highest BCUT2D eigenvalue weighted by atomic mass is 16.7. The van der Waals surface area contributed by atoms with Crippen molar-refractivity contribution in [1.29, 1.82) is 0 Å². The number of nitrogens with zero attached hydrogens (tertiary/aromatic N) is 2. The molecular formula is C14H20N2O2. The van der Waals surface area contributed by atoms with Gasteiger partial charge in [-0.1, -0.05) is 6.07 Å². The molecule has 0 aliphatic carbocycles. The zero-order valence-corrected chi connectivity index (χ0v) is 10.9. The number of hydrogen-bond donors (Lipinski definition) is 0. The molecule has 4 nitrogen and oxygen atoms in total. The first-order valence-corrected chi connectivity index (χ1v) is 6.68. The van der Waals surface area contributed by atoms with Crippen LogP contribution in [0.3, 0.4) is 0 Å². The second kappa shape index (κ2) is 4.96. The van der Waals surface area contributed by atoms with Gasteiger partial charge >= 0.3 is 0 Å². The molecule has 1 spiro atoms. The fourth-order valence-corrected chi connectivity index (χ4v) is 2.73. The van der Waals surface area contributed by atoms with E-state index in [-0.39, 0.29) is 5.79 Å². The number of rotatable bonds is 2. The summed E-state index contributed by atoms with van der Waals surface area (Å²) in [6.45, 7) is 6.60. The molecule has 3 rings (SSSR count). The maximum absolute atomic E-state index is 5.74. The summed E-state index contributed by atoms with van der Waals surface area (Å²) in [6.07, 6.45) is 3.81. The van der Waals surface area contributed by atoms with Gasteiger partial charge in [-0.3, -0.25) is 9.88 Å². The zero-order valence-electron chi connectivity index (χ0n) is 10.9. The molecule has 98 valence electrons. The van der Waals surface area contributed by atoms with E-state index >= 15 is 0 Å². The van der Waals surface area contributed by atoms with E-state index in [0.29, 0.717) is 0 Å². The molecule has 1 aromatic heterocycles. The lowest BCUT2D eigenvalue weighted by molar-refractivity contribution is -0.185. The van der Waals surface area contributed by atoms with Gasteiger partial charge in [0.05, 0.1) is 18.9 Å². The molecule has 0 amide bonds. The minimum Gasteiger partial charge on any atom is -0.347 e. The Bertz CT molecular complexity index is 406. The Balaban J connectivity index is 1.59. The van der Waals surface area contributed by atoms with Crippen LogP contribution < -0.4 is 0 Å². The van der Waals surface area contributed by atoms with Crippen LogP contribution in [0.1, 0.15) is 24.1 Å². The van der Waals surface area contributed by atoms with Crippen molar-refractivity contribution in [3.8, 4) is 0 Å². The molecule has 3 heterocycles. The maximum atomic E-state index is 5.74. The van der Waals surface area contributed by atoms with Crippen LogP contribution in [0.15, 0.2) is 18.3 Å². The van der Waals surface area contributed by atoms with E-state index in [4.69, 9.17) is 9.47 Å². The Hall–Kier alpha value is -0.970. The molecule has 0 saturated carbocycles. The van der Waals surface area contributed by atoms with E-state index in [1.807, 2.05) is 12.3 Å². The summed E-state index contributed by atoms with van der Waals surface area (Å²) >= 11 is 0. The third kappa shape index (κ3) is 2.41. The number of likely N-dealkylation sites (tertiary alicyclic amines) is 1.